The predicted molar refractivity (Wildman–Crippen MR) is 83.5 cm³/mol. The zero-order valence-corrected chi connectivity index (χ0v) is 12.9. The van der Waals surface area contributed by atoms with Crippen LogP contribution in [0.3, 0.4) is 0 Å². The summed E-state index contributed by atoms with van der Waals surface area (Å²) in [5, 5.41) is 10.3. The molecule has 1 aromatic carbocycles. The van der Waals surface area contributed by atoms with Crippen molar-refractivity contribution >= 4 is 0 Å². The van der Waals surface area contributed by atoms with Crippen molar-refractivity contribution in [3.8, 4) is 5.75 Å². The first-order valence-corrected chi connectivity index (χ1v) is 8.16. The molecule has 0 amide bonds. The molecular weight excluding hydrogens is 260 g/mol. The van der Waals surface area contributed by atoms with E-state index in [2.05, 4.69) is 31.2 Å². The second kappa shape index (κ2) is 4.61. The Hall–Kier alpha value is -1.28. The first-order valence-electron chi connectivity index (χ1n) is 8.16. The predicted octanol–water partition coefficient (Wildman–Crippen LogP) is 3.69. The molecule has 21 heavy (non-hydrogen) atoms. The van der Waals surface area contributed by atoms with Crippen LogP contribution in [-0.2, 0) is 6.42 Å². The van der Waals surface area contributed by atoms with Crippen LogP contribution in [0.15, 0.2) is 30.4 Å². The normalized spacial score (nSPS) is 40.3. The highest BCUT2D eigenvalue weighted by molar-refractivity contribution is 5.41. The van der Waals surface area contributed by atoms with Gasteiger partial charge in [-0.25, -0.2) is 0 Å². The number of fused-ring (bicyclic) bond motifs is 5. The van der Waals surface area contributed by atoms with Crippen molar-refractivity contribution in [1.29, 1.82) is 0 Å². The van der Waals surface area contributed by atoms with E-state index in [1.54, 1.807) is 7.11 Å². The third-order valence-corrected chi connectivity index (χ3v) is 6.41. The van der Waals surface area contributed by atoms with Gasteiger partial charge in [-0.15, -0.1) is 0 Å². The standard InChI is InChI=1S/C19H24O2/c1-19-10-9-15-14-6-4-13(21-2)11-12(14)3-5-16(15)17(19)7-8-18(19)20/h4,6-8,11,15-18,20H,3,5,9-10H2,1-2H3/t15-,16-,17+,18?,19+/m1/s1. The van der Waals surface area contributed by atoms with E-state index in [-0.39, 0.29) is 11.5 Å². The summed E-state index contributed by atoms with van der Waals surface area (Å²) in [4.78, 5) is 0. The average Bonchev–Trinajstić information content (AvgIpc) is 2.82. The topological polar surface area (TPSA) is 29.5 Å². The molecule has 0 aromatic heterocycles. The van der Waals surface area contributed by atoms with Crippen LogP contribution in [0.4, 0.5) is 0 Å². The molecule has 1 saturated carbocycles. The maximum atomic E-state index is 10.3. The molecule has 4 rings (SSSR count). The van der Waals surface area contributed by atoms with E-state index in [1.165, 1.54) is 24.0 Å². The van der Waals surface area contributed by atoms with Gasteiger partial charge in [0.25, 0.3) is 0 Å². The minimum Gasteiger partial charge on any atom is -0.497 e. The van der Waals surface area contributed by atoms with Crippen molar-refractivity contribution < 1.29 is 9.84 Å². The lowest BCUT2D eigenvalue weighted by Gasteiger charge is -2.50. The smallest absolute Gasteiger partial charge is 0.119 e. The van der Waals surface area contributed by atoms with E-state index in [4.69, 9.17) is 4.74 Å². The highest BCUT2D eigenvalue weighted by Gasteiger charge is 2.52. The van der Waals surface area contributed by atoms with Gasteiger partial charge in [0, 0.05) is 5.41 Å². The van der Waals surface area contributed by atoms with Crippen molar-refractivity contribution in [1.82, 2.24) is 0 Å². The summed E-state index contributed by atoms with van der Waals surface area (Å²) < 4.78 is 5.37. The van der Waals surface area contributed by atoms with Crippen LogP contribution in [0.5, 0.6) is 5.75 Å². The van der Waals surface area contributed by atoms with Crippen molar-refractivity contribution in [2.45, 2.75) is 44.6 Å². The van der Waals surface area contributed by atoms with Gasteiger partial charge in [0.2, 0.25) is 0 Å². The van der Waals surface area contributed by atoms with Crippen LogP contribution in [0, 0.1) is 17.3 Å². The van der Waals surface area contributed by atoms with Gasteiger partial charge in [0.15, 0.2) is 0 Å². The molecule has 1 unspecified atom stereocenters. The van der Waals surface area contributed by atoms with Gasteiger partial charge in [-0.05, 0) is 66.7 Å². The van der Waals surface area contributed by atoms with Crippen LogP contribution in [0.2, 0.25) is 0 Å². The molecule has 5 atom stereocenters. The Kier molecular flexibility index (Phi) is 2.94. The van der Waals surface area contributed by atoms with Gasteiger partial charge in [-0.2, -0.15) is 0 Å². The zero-order valence-electron chi connectivity index (χ0n) is 12.9. The number of benzene rings is 1. The summed E-state index contributed by atoms with van der Waals surface area (Å²) in [7, 11) is 1.74. The van der Waals surface area contributed by atoms with Gasteiger partial charge in [-0.3, -0.25) is 0 Å². The molecule has 1 fully saturated rings. The summed E-state index contributed by atoms with van der Waals surface area (Å²) in [6, 6.07) is 6.61. The van der Waals surface area contributed by atoms with Crippen LogP contribution in [0.1, 0.15) is 43.2 Å². The maximum Gasteiger partial charge on any atom is 0.119 e. The lowest BCUT2D eigenvalue weighted by molar-refractivity contribution is -0.0101. The molecule has 0 bridgehead atoms. The third-order valence-electron chi connectivity index (χ3n) is 6.41. The SMILES string of the molecule is COc1ccc2c(c1)CC[C@@H]1[C@@H]2CC[C@]2(C)C(O)C=C[C@@H]12. The van der Waals surface area contributed by atoms with Crippen LogP contribution < -0.4 is 4.74 Å². The summed E-state index contributed by atoms with van der Waals surface area (Å²) in [5.41, 5.74) is 3.08. The average molecular weight is 284 g/mol. The van der Waals surface area contributed by atoms with Crippen molar-refractivity contribution in [3.63, 3.8) is 0 Å². The summed E-state index contributed by atoms with van der Waals surface area (Å²) in [5.74, 6) is 2.87. The zero-order chi connectivity index (χ0) is 14.6. The number of ether oxygens (including phenoxy) is 1. The van der Waals surface area contributed by atoms with E-state index in [9.17, 15) is 5.11 Å². The third kappa shape index (κ3) is 1.81. The Morgan fingerprint density at radius 2 is 2.10 bits per heavy atom. The van der Waals surface area contributed by atoms with Gasteiger partial charge < -0.3 is 9.84 Å². The monoisotopic (exact) mass is 284 g/mol. The molecule has 3 aliphatic carbocycles. The van der Waals surface area contributed by atoms with Crippen molar-refractivity contribution in [2.75, 3.05) is 7.11 Å². The van der Waals surface area contributed by atoms with Crippen LogP contribution in [0.25, 0.3) is 0 Å². The highest BCUT2D eigenvalue weighted by Crippen LogP contribution is 2.58. The minimum atomic E-state index is -0.249. The maximum absolute atomic E-state index is 10.3. The van der Waals surface area contributed by atoms with Gasteiger partial charge in [0.05, 0.1) is 13.2 Å². The lowest BCUT2D eigenvalue weighted by atomic mass is 9.55. The Labute approximate surface area is 126 Å². The molecule has 0 radical (unpaired) electrons. The van der Waals surface area contributed by atoms with E-state index in [1.807, 2.05) is 6.08 Å². The first kappa shape index (κ1) is 13.4. The van der Waals surface area contributed by atoms with Gasteiger partial charge in [-0.1, -0.05) is 25.1 Å². The van der Waals surface area contributed by atoms with Crippen molar-refractivity contribution in [3.05, 3.63) is 41.5 Å². The second-order valence-electron chi connectivity index (χ2n) is 7.27. The molecule has 2 nitrogen and oxygen atoms in total. The van der Waals surface area contributed by atoms with Gasteiger partial charge in [0.1, 0.15) is 5.75 Å². The minimum absolute atomic E-state index is 0.0745. The molecule has 1 N–H and O–H groups in total. The van der Waals surface area contributed by atoms with Crippen LogP contribution in [-0.4, -0.2) is 18.3 Å². The number of rotatable bonds is 1. The van der Waals surface area contributed by atoms with Crippen LogP contribution >= 0.6 is 0 Å². The highest BCUT2D eigenvalue weighted by atomic mass is 16.5. The number of aryl methyl sites for hydroxylation is 1. The largest absolute Gasteiger partial charge is 0.497 e. The Morgan fingerprint density at radius 3 is 2.90 bits per heavy atom. The number of hydrogen-bond donors (Lipinski definition) is 1. The molecular formula is C19H24O2. The van der Waals surface area contributed by atoms with Gasteiger partial charge >= 0.3 is 0 Å². The van der Waals surface area contributed by atoms with E-state index >= 15 is 0 Å². The fourth-order valence-corrected chi connectivity index (χ4v) is 5.12. The molecule has 1 aromatic rings. The molecule has 0 saturated heterocycles. The Morgan fingerprint density at radius 1 is 1.24 bits per heavy atom. The number of allylic oxidation sites excluding steroid dienone is 1. The summed E-state index contributed by atoms with van der Waals surface area (Å²) in [6.45, 7) is 2.28. The summed E-state index contributed by atoms with van der Waals surface area (Å²) in [6.07, 6.45) is 8.80. The van der Waals surface area contributed by atoms with E-state index in [0.717, 1.165) is 18.6 Å². The quantitative estimate of drug-likeness (QED) is 0.797. The number of hydrogen-bond acceptors (Lipinski definition) is 2. The molecule has 2 heteroatoms. The second-order valence-corrected chi connectivity index (χ2v) is 7.27. The molecule has 0 heterocycles. The fourth-order valence-electron chi connectivity index (χ4n) is 5.12. The molecule has 0 aliphatic heterocycles. The molecule has 3 aliphatic rings. The molecule has 0 spiro atoms. The van der Waals surface area contributed by atoms with Crippen molar-refractivity contribution in [2.24, 2.45) is 17.3 Å². The van der Waals surface area contributed by atoms with E-state index in [0.29, 0.717) is 17.8 Å². The number of methoxy groups -OCH3 is 1. The van der Waals surface area contributed by atoms with E-state index < -0.39 is 0 Å². The summed E-state index contributed by atoms with van der Waals surface area (Å²) >= 11 is 0. The number of aliphatic hydroxyl groups is 1. The Balaban J connectivity index is 1.70. The molecule has 112 valence electrons. The lowest BCUT2D eigenvalue weighted by Crippen LogP contribution is -2.44. The number of aliphatic hydroxyl groups excluding tert-OH is 1. The first-order chi connectivity index (χ1) is 10.1. The fraction of sp³-hybridized carbons (Fsp3) is 0.579. The Bertz CT molecular complexity index is 591.